The highest BCUT2D eigenvalue weighted by Gasteiger charge is 2.19. The lowest BCUT2D eigenvalue weighted by molar-refractivity contribution is -0.167. The minimum absolute atomic E-state index is 0.0639. The summed E-state index contributed by atoms with van der Waals surface area (Å²) in [5, 5.41) is 0. The molecule has 0 aromatic heterocycles. The van der Waals surface area contributed by atoms with Crippen molar-refractivity contribution in [1.82, 2.24) is 0 Å². The van der Waals surface area contributed by atoms with Gasteiger partial charge in [0.1, 0.15) is 13.2 Å². The third-order valence-corrected chi connectivity index (χ3v) is 12.0. The fourth-order valence-corrected chi connectivity index (χ4v) is 7.99. The van der Waals surface area contributed by atoms with E-state index in [0.717, 1.165) is 69.6 Å². The van der Waals surface area contributed by atoms with E-state index < -0.39 is 6.10 Å². The lowest BCUT2D eigenvalue weighted by Gasteiger charge is -2.18. The zero-order valence-electron chi connectivity index (χ0n) is 40.4. The Morgan fingerprint density at radius 3 is 0.831 bits per heavy atom. The van der Waals surface area contributed by atoms with Crippen molar-refractivity contribution in [2.45, 2.75) is 298 Å². The summed E-state index contributed by atoms with van der Waals surface area (Å²) in [6.07, 6.45) is 46.7. The molecule has 0 radical (unpaired) electrons. The summed E-state index contributed by atoms with van der Waals surface area (Å²) in [6.45, 7) is 11.3. The molecular formula is C53H102O6. The zero-order valence-corrected chi connectivity index (χ0v) is 40.4. The van der Waals surface area contributed by atoms with E-state index in [1.165, 1.54) is 180 Å². The number of rotatable bonds is 47. The Morgan fingerprint density at radius 1 is 0.322 bits per heavy atom. The van der Waals surface area contributed by atoms with Crippen LogP contribution in [0.15, 0.2) is 0 Å². The van der Waals surface area contributed by atoms with Crippen LogP contribution >= 0.6 is 0 Å². The SMILES string of the molecule is CCCCCCCCCCCCCCCC(=O)O[C@H](COC(=O)CCCCCCCCCCCCCCCCCC(C)C)COC(=O)CCCCCCCCCC(C)C. The van der Waals surface area contributed by atoms with E-state index in [2.05, 4.69) is 34.6 Å². The van der Waals surface area contributed by atoms with Crippen molar-refractivity contribution < 1.29 is 28.6 Å². The Hall–Kier alpha value is -1.59. The molecule has 0 aromatic rings. The van der Waals surface area contributed by atoms with Gasteiger partial charge in [0.05, 0.1) is 0 Å². The molecule has 0 amide bonds. The number of unbranched alkanes of at least 4 members (excludes halogenated alkanes) is 32. The van der Waals surface area contributed by atoms with Gasteiger partial charge < -0.3 is 14.2 Å². The number of hydrogen-bond donors (Lipinski definition) is 0. The van der Waals surface area contributed by atoms with E-state index in [1.807, 2.05) is 0 Å². The second-order valence-corrected chi connectivity index (χ2v) is 19.1. The Kier molecular flexibility index (Phi) is 44.7. The third kappa shape index (κ3) is 47.3. The molecule has 6 nitrogen and oxygen atoms in total. The molecule has 0 aromatic carbocycles. The van der Waals surface area contributed by atoms with Crippen LogP contribution in [0.25, 0.3) is 0 Å². The van der Waals surface area contributed by atoms with E-state index in [-0.39, 0.29) is 31.1 Å². The summed E-state index contributed by atoms with van der Waals surface area (Å²) >= 11 is 0. The smallest absolute Gasteiger partial charge is 0.306 e. The van der Waals surface area contributed by atoms with Crippen molar-refractivity contribution in [2.75, 3.05) is 13.2 Å². The first-order chi connectivity index (χ1) is 28.7. The molecule has 0 fully saturated rings. The highest BCUT2D eigenvalue weighted by molar-refractivity contribution is 5.71. The fraction of sp³-hybridized carbons (Fsp3) is 0.943. The molecule has 0 aliphatic carbocycles. The molecular weight excluding hydrogens is 733 g/mol. The van der Waals surface area contributed by atoms with E-state index in [4.69, 9.17) is 14.2 Å². The Morgan fingerprint density at radius 2 is 0.559 bits per heavy atom. The Bertz CT molecular complexity index is 900. The summed E-state index contributed by atoms with van der Waals surface area (Å²) in [5.74, 6) is 0.781. The maximum absolute atomic E-state index is 12.8. The fourth-order valence-electron chi connectivity index (χ4n) is 7.99. The van der Waals surface area contributed by atoms with Crippen LogP contribution in [0, 0.1) is 11.8 Å². The van der Waals surface area contributed by atoms with Gasteiger partial charge in [-0.05, 0) is 31.1 Å². The number of carbonyl (C=O) groups is 3. The standard InChI is InChI=1S/C53H102O6/c1-6-7-8-9-10-11-12-16-21-24-29-35-40-45-53(56)59-50(47-58-52(55)44-39-34-30-25-27-32-37-42-49(4)5)46-57-51(54)43-38-33-28-23-20-18-15-13-14-17-19-22-26-31-36-41-48(2)3/h48-50H,6-47H2,1-5H3/t50-/m1/s1. The predicted molar refractivity (Wildman–Crippen MR) is 252 cm³/mol. The lowest BCUT2D eigenvalue weighted by atomic mass is 10.0. The van der Waals surface area contributed by atoms with Crippen molar-refractivity contribution in [3.8, 4) is 0 Å². The number of hydrogen-bond acceptors (Lipinski definition) is 6. The molecule has 0 bridgehead atoms. The lowest BCUT2D eigenvalue weighted by Crippen LogP contribution is -2.30. The third-order valence-electron chi connectivity index (χ3n) is 12.0. The van der Waals surface area contributed by atoms with Crippen LogP contribution in [0.5, 0.6) is 0 Å². The van der Waals surface area contributed by atoms with E-state index in [1.54, 1.807) is 0 Å². The molecule has 0 aliphatic heterocycles. The summed E-state index contributed by atoms with van der Waals surface area (Å²) in [5.41, 5.74) is 0. The van der Waals surface area contributed by atoms with Crippen LogP contribution < -0.4 is 0 Å². The van der Waals surface area contributed by atoms with Crippen LogP contribution in [0.4, 0.5) is 0 Å². The highest BCUT2D eigenvalue weighted by Crippen LogP contribution is 2.17. The van der Waals surface area contributed by atoms with Crippen molar-refractivity contribution in [3.05, 3.63) is 0 Å². The van der Waals surface area contributed by atoms with Gasteiger partial charge in [0.15, 0.2) is 6.10 Å². The molecule has 0 saturated carbocycles. The zero-order chi connectivity index (χ0) is 43.3. The number of ether oxygens (including phenoxy) is 3. The molecule has 6 heteroatoms. The maximum atomic E-state index is 12.8. The molecule has 0 rings (SSSR count). The topological polar surface area (TPSA) is 78.9 Å². The molecule has 350 valence electrons. The van der Waals surface area contributed by atoms with Gasteiger partial charge in [-0.15, -0.1) is 0 Å². The van der Waals surface area contributed by atoms with Gasteiger partial charge in [0, 0.05) is 19.3 Å². The Balaban J connectivity index is 4.25. The van der Waals surface area contributed by atoms with Crippen molar-refractivity contribution in [1.29, 1.82) is 0 Å². The normalized spacial score (nSPS) is 12.1. The summed E-state index contributed by atoms with van der Waals surface area (Å²) in [7, 11) is 0. The minimum Gasteiger partial charge on any atom is -0.462 e. The summed E-state index contributed by atoms with van der Waals surface area (Å²) < 4.78 is 16.8. The van der Waals surface area contributed by atoms with Gasteiger partial charge in [-0.1, -0.05) is 253 Å². The molecule has 0 aliphatic rings. The highest BCUT2D eigenvalue weighted by atomic mass is 16.6. The maximum Gasteiger partial charge on any atom is 0.306 e. The summed E-state index contributed by atoms with van der Waals surface area (Å²) in [6, 6.07) is 0. The predicted octanol–water partition coefficient (Wildman–Crippen LogP) is 16.9. The van der Waals surface area contributed by atoms with E-state index in [0.29, 0.717) is 19.3 Å². The average Bonchev–Trinajstić information content (AvgIpc) is 3.20. The molecule has 0 unspecified atom stereocenters. The van der Waals surface area contributed by atoms with E-state index in [9.17, 15) is 14.4 Å². The molecule has 0 heterocycles. The van der Waals surface area contributed by atoms with Gasteiger partial charge in [0.25, 0.3) is 0 Å². The van der Waals surface area contributed by atoms with Crippen LogP contribution in [0.2, 0.25) is 0 Å². The second-order valence-electron chi connectivity index (χ2n) is 19.1. The second kappa shape index (κ2) is 45.9. The monoisotopic (exact) mass is 835 g/mol. The molecule has 1 atom stereocenters. The Labute approximate surface area is 368 Å². The average molecular weight is 835 g/mol. The minimum atomic E-state index is -0.761. The van der Waals surface area contributed by atoms with Gasteiger partial charge in [-0.3, -0.25) is 14.4 Å². The first-order valence-electron chi connectivity index (χ1n) is 26.2. The largest absolute Gasteiger partial charge is 0.462 e. The number of esters is 3. The van der Waals surface area contributed by atoms with Crippen LogP contribution in [-0.2, 0) is 28.6 Å². The van der Waals surface area contributed by atoms with Crippen molar-refractivity contribution in [2.24, 2.45) is 11.8 Å². The summed E-state index contributed by atoms with van der Waals surface area (Å²) in [4.78, 5) is 37.9. The van der Waals surface area contributed by atoms with Gasteiger partial charge in [0.2, 0.25) is 0 Å². The van der Waals surface area contributed by atoms with Crippen LogP contribution in [0.1, 0.15) is 291 Å². The quantitative estimate of drug-likeness (QED) is 0.0345. The molecule has 0 N–H and O–H groups in total. The van der Waals surface area contributed by atoms with Crippen LogP contribution in [0.3, 0.4) is 0 Å². The van der Waals surface area contributed by atoms with Gasteiger partial charge in [-0.2, -0.15) is 0 Å². The van der Waals surface area contributed by atoms with Crippen molar-refractivity contribution in [3.63, 3.8) is 0 Å². The van der Waals surface area contributed by atoms with Gasteiger partial charge in [-0.25, -0.2) is 0 Å². The van der Waals surface area contributed by atoms with Crippen LogP contribution in [-0.4, -0.2) is 37.2 Å². The molecule has 0 saturated heterocycles. The molecule has 59 heavy (non-hydrogen) atoms. The first kappa shape index (κ1) is 57.4. The molecule has 0 spiro atoms. The first-order valence-corrected chi connectivity index (χ1v) is 26.2. The number of carbonyl (C=O) groups excluding carboxylic acids is 3. The van der Waals surface area contributed by atoms with Crippen molar-refractivity contribution >= 4 is 17.9 Å². The van der Waals surface area contributed by atoms with Gasteiger partial charge >= 0.3 is 17.9 Å². The van der Waals surface area contributed by atoms with E-state index >= 15 is 0 Å².